The summed E-state index contributed by atoms with van der Waals surface area (Å²) in [5.74, 6) is 6.78. The molecule has 0 spiro atoms. The second kappa shape index (κ2) is 6.06. The first-order chi connectivity index (χ1) is 7.72. The van der Waals surface area contributed by atoms with Gasteiger partial charge in [-0.2, -0.15) is 5.10 Å². The zero-order chi connectivity index (χ0) is 12.0. The summed E-state index contributed by atoms with van der Waals surface area (Å²) in [4.78, 5) is 4.19. The van der Waals surface area contributed by atoms with Crippen molar-refractivity contribution in [3.05, 3.63) is 18.0 Å². The second-order valence-electron chi connectivity index (χ2n) is 2.75. The van der Waals surface area contributed by atoms with E-state index in [4.69, 9.17) is 21.1 Å². The highest BCUT2D eigenvalue weighted by atomic mass is 32.2. The molecule has 0 atom stereocenters. The Morgan fingerprint density at radius 1 is 1.50 bits per heavy atom. The Balaban J connectivity index is 2.86. The molecule has 7 heteroatoms. The van der Waals surface area contributed by atoms with Gasteiger partial charge in [0.15, 0.2) is 16.7 Å². The number of thioether (sulfide) groups is 1. The lowest BCUT2D eigenvalue weighted by molar-refractivity contribution is 0.350. The summed E-state index contributed by atoms with van der Waals surface area (Å²) in [6, 6.07) is 1.73. The molecule has 0 aliphatic carbocycles. The number of pyridine rings is 1. The monoisotopic (exact) mass is 242 g/mol. The molecule has 16 heavy (non-hydrogen) atoms. The van der Waals surface area contributed by atoms with Crippen LogP contribution in [0, 0.1) is 0 Å². The molecule has 1 heterocycles. The van der Waals surface area contributed by atoms with Gasteiger partial charge in [0.2, 0.25) is 0 Å². The van der Waals surface area contributed by atoms with Gasteiger partial charge in [0.05, 0.1) is 19.9 Å². The highest BCUT2D eigenvalue weighted by Crippen LogP contribution is 2.31. The average molecular weight is 242 g/mol. The van der Waals surface area contributed by atoms with Crippen LogP contribution >= 0.6 is 11.8 Å². The molecule has 0 aliphatic heterocycles. The molecular weight excluding hydrogens is 228 g/mol. The molecule has 0 aliphatic rings. The van der Waals surface area contributed by atoms with E-state index in [-0.39, 0.29) is 0 Å². The van der Waals surface area contributed by atoms with Crippen LogP contribution in [-0.2, 0) is 5.75 Å². The van der Waals surface area contributed by atoms with E-state index in [9.17, 15) is 0 Å². The summed E-state index contributed by atoms with van der Waals surface area (Å²) in [5, 5.41) is 3.66. The van der Waals surface area contributed by atoms with Gasteiger partial charge in [-0.3, -0.25) is 4.98 Å². The van der Waals surface area contributed by atoms with Gasteiger partial charge in [-0.25, -0.2) is 0 Å². The Hall–Kier alpha value is -1.63. The molecule has 0 amide bonds. The van der Waals surface area contributed by atoms with Crippen LogP contribution in [0.2, 0.25) is 0 Å². The topological polar surface area (TPSA) is 95.8 Å². The molecule has 6 nitrogen and oxygen atoms in total. The number of hydrogen-bond donors (Lipinski definition) is 2. The molecule has 0 unspecified atom stereocenters. The Labute approximate surface area is 98.0 Å². The van der Waals surface area contributed by atoms with Crippen molar-refractivity contribution in [2.24, 2.45) is 16.7 Å². The maximum atomic E-state index is 5.47. The van der Waals surface area contributed by atoms with Crippen molar-refractivity contribution in [3.8, 4) is 11.5 Å². The number of nitrogens with two attached hydrogens (primary N) is 2. The lowest BCUT2D eigenvalue weighted by Gasteiger charge is -2.10. The molecule has 0 radical (unpaired) electrons. The van der Waals surface area contributed by atoms with E-state index in [1.807, 2.05) is 0 Å². The second-order valence-corrected chi connectivity index (χ2v) is 3.74. The fraction of sp³-hybridized carbons (Fsp3) is 0.333. The lowest BCUT2D eigenvalue weighted by atomic mass is 10.3. The molecule has 88 valence electrons. The van der Waals surface area contributed by atoms with Crippen LogP contribution in [-0.4, -0.2) is 24.4 Å². The third-order valence-electron chi connectivity index (χ3n) is 1.85. The number of methoxy groups -OCH3 is 2. The smallest absolute Gasteiger partial charge is 0.183 e. The fourth-order valence-electron chi connectivity index (χ4n) is 1.13. The number of amidine groups is 1. The van der Waals surface area contributed by atoms with Crippen LogP contribution in [0.5, 0.6) is 11.5 Å². The lowest BCUT2D eigenvalue weighted by Crippen LogP contribution is -2.10. The number of nitrogens with zero attached hydrogens (tertiary/aromatic N) is 2. The maximum Gasteiger partial charge on any atom is 0.183 e. The van der Waals surface area contributed by atoms with Crippen LogP contribution in [0.15, 0.2) is 17.4 Å². The first-order valence-corrected chi connectivity index (χ1v) is 5.43. The maximum absolute atomic E-state index is 5.47. The Kier molecular flexibility index (Phi) is 4.71. The molecule has 0 bridgehead atoms. The van der Waals surface area contributed by atoms with Crippen molar-refractivity contribution in [2.45, 2.75) is 5.75 Å². The predicted molar refractivity (Wildman–Crippen MR) is 64.4 cm³/mol. The molecule has 0 aromatic carbocycles. The summed E-state index contributed by atoms with van der Waals surface area (Å²) in [6.45, 7) is 0. The zero-order valence-corrected chi connectivity index (χ0v) is 9.95. The predicted octanol–water partition coefficient (Wildman–Crippen LogP) is 0.520. The van der Waals surface area contributed by atoms with E-state index in [2.05, 4.69) is 10.1 Å². The van der Waals surface area contributed by atoms with Gasteiger partial charge in [-0.15, -0.1) is 0 Å². The molecule has 0 saturated heterocycles. The van der Waals surface area contributed by atoms with E-state index in [0.717, 1.165) is 5.69 Å². The first kappa shape index (κ1) is 12.4. The van der Waals surface area contributed by atoms with Crippen molar-refractivity contribution in [1.82, 2.24) is 4.98 Å². The molecular formula is C9H14N4O2S. The molecule has 1 rings (SSSR count). The number of hydrogen-bond acceptors (Lipinski definition) is 6. The number of aromatic nitrogens is 1. The van der Waals surface area contributed by atoms with Crippen molar-refractivity contribution < 1.29 is 9.47 Å². The van der Waals surface area contributed by atoms with E-state index in [0.29, 0.717) is 22.4 Å². The van der Waals surface area contributed by atoms with Crippen molar-refractivity contribution in [2.75, 3.05) is 14.2 Å². The minimum absolute atomic E-state index is 0.298. The van der Waals surface area contributed by atoms with Crippen molar-refractivity contribution in [3.63, 3.8) is 0 Å². The Morgan fingerprint density at radius 3 is 2.81 bits per heavy atom. The standard InChI is InChI=1S/C9H14N4O2S/c1-14-7-3-4-12-6(8(7)15-2)5-16-9(10)13-11/h3-4H,5,11H2,1-2H3,(H2,10,13). The normalized spacial score (nSPS) is 11.2. The molecule has 1 aromatic rings. The van der Waals surface area contributed by atoms with Gasteiger partial charge < -0.3 is 21.1 Å². The van der Waals surface area contributed by atoms with Gasteiger partial charge in [0.25, 0.3) is 0 Å². The van der Waals surface area contributed by atoms with Crippen LogP contribution in [0.25, 0.3) is 0 Å². The summed E-state index contributed by atoms with van der Waals surface area (Å²) in [6.07, 6.45) is 1.65. The van der Waals surface area contributed by atoms with Gasteiger partial charge in [-0.1, -0.05) is 11.8 Å². The minimum atomic E-state index is 0.298. The van der Waals surface area contributed by atoms with Crippen molar-refractivity contribution in [1.29, 1.82) is 0 Å². The van der Waals surface area contributed by atoms with Crippen LogP contribution < -0.4 is 21.1 Å². The summed E-state index contributed by atoms with van der Waals surface area (Å²) in [7, 11) is 3.14. The van der Waals surface area contributed by atoms with Crippen LogP contribution in [0.3, 0.4) is 0 Å². The first-order valence-electron chi connectivity index (χ1n) is 4.45. The molecule has 0 saturated carbocycles. The van der Waals surface area contributed by atoms with E-state index >= 15 is 0 Å². The van der Waals surface area contributed by atoms with Gasteiger partial charge in [-0.05, 0) is 0 Å². The van der Waals surface area contributed by atoms with E-state index < -0.39 is 0 Å². The average Bonchev–Trinajstić information content (AvgIpc) is 2.34. The highest BCUT2D eigenvalue weighted by molar-refractivity contribution is 8.13. The van der Waals surface area contributed by atoms with E-state index in [1.54, 1.807) is 26.5 Å². The number of hydrazone groups is 1. The fourth-order valence-corrected chi connectivity index (χ4v) is 1.70. The van der Waals surface area contributed by atoms with E-state index in [1.165, 1.54) is 11.8 Å². The summed E-state index contributed by atoms with van der Waals surface area (Å²) >= 11 is 1.28. The number of ether oxygens (including phenoxy) is 2. The van der Waals surface area contributed by atoms with Crippen LogP contribution in [0.1, 0.15) is 5.69 Å². The third kappa shape index (κ3) is 2.93. The van der Waals surface area contributed by atoms with Gasteiger partial charge in [0.1, 0.15) is 0 Å². The number of rotatable bonds is 4. The van der Waals surface area contributed by atoms with Crippen molar-refractivity contribution >= 4 is 16.9 Å². The van der Waals surface area contributed by atoms with Crippen LogP contribution in [0.4, 0.5) is 0 Å². The van der Waals surface area contributed by atoms with Gasteiger partial charge >= 0.3 is 0 Å². The largest absolute Gasteiger partial charge is 0.493 e. The summed E-state index contributed by atoms with van der Waals surface area (Å²) in [5.41, 5.74) is 6.21. The minimum Gasteiger partial charge on any atom is -0.493 e. The third-order valence-corrected chi connectivity index (χ3v) is 2.67. The Morgan fingerprint density at radius 2 is 2.25 bits per heavy atom. The van der Waals surface area contributed by atoms with Gasteiger partial charge in [0, 0.05) is 18.0 Å². The summed E-state index contributed by atoms with van der Waals surface area (Å²) < 4.78 is 10.4. The molecule has 1 aromatic heterocycles. The Bertz CT molecular complexity index is 384. The quantitative estimate of drug-likeness (QED) is 0.346. The highest BCUT2D eigenvalue weighted by Gasteiger charge is 2.11. The zero-order valence-electron chi connectivity index (χ0n) is 9.14. The SMILES string of the molecule is COc1ccnc(CS/C(N)=N/N)c1OC. The molecule has 4 N–H and O–H groups in total. The molecule has 0 fully saturated rings.